The molecular weight excluding hydrogens is 352 g/mol. The summed E-state index contributed by atoms with van der Waals surface area (Å²) in [5.41, 5.74) is 2.20. The van der Waals surface area contributed by atoms with Gasteiger partial charge in [0.05, 0.1) is 12.2 Å². The number of halogens is 1. The number of nitrogens with zero attached hydrogens (tertiary/aromatic N) is 2. The second kappa shape index (κ2) is 7.04. The van der Waals surface area contributed by atoms with Crippen LogP contribution in [0.2, 0.25) is 0 Å². The Morgan fingerprint density at radius 1 is 1.29 bits per heavy atom. The van der Waals surface area contributed by atoms with E-state index < -0.39 is 5.97 Å². The van der Waals surface area contributed by atoms with E-state index >= 15 is 0 Å². The van der Waals surface area contributed by atoms with Crippen LogP contribution in [0.4, 0.5) is 0 Å². The van der Waals surface area contributed by atoms with E-state index in [0.29, 0.717) is 11.3 Å². The Morgan fingerprint density at radius 2 is 1.95 bits per heavy atom. The minimum atomic E-state index is -0.860. The molecule has 1 N–H and O–H groups in total. The molecule has 0 aliphatic carbocycles. The molecule has 4 nitrogen and oxygen atoms in total. The van der Waals surface area contributed by atoms with E-state index in [-0.39, 0.29) is 6.42 Å². The largest absolute Gasteiger partial charge is 0.481 e. The van der Waals surface area contributed by atoms with Crippen LogP contribution in [0.15, 0.2) is 33.6 Å². The first-order valence-electron chi connectivity index (χ1n) is 6.39. The van der Waals surface area contributed by atoms with E-state index in [1.807, 2.05) is 38.1 Å². The number of rotatable bonds is 5. The molecule has 0 atom stereocenters. The van der Waals surface area contributed by atoms with Crippen molar-refractivity contribution in [2.75, 3.05) is 0 Å². The molecule has 0 radical (unpaired) electrons. The number of aliphatic carboxylic acids is 1. The molecule has 0 amide bonds. The van der Waals surface area contributed by atoms with E-state index in [0.717, 1.165) is 26.6 Å². The Bertz CT molecular complexity index is 653. The zero-order chi connectivity index (χ0) is 15.4. The average Bonchev–Trinajstić information content (AvgIpc) is 2.40. The second-order valence-electron chi connectivity index (χ2n) is 4.61. The number of aryl methyl sites for hydroxylation is 2. The van der Waals surface area contributed by atoms with Crippen molar-refractivity contribution in [2.45, 2.75) is 30.9 Å². The number of benzene rings is 1. The zero-order valence-electron chi connectivity index (χ0n) is 11.8. The van der Waals surface area contributed by atoms with Gasteiger partial charge in [0.2, 0.25) is 0 Å². The van der Waals surface area contributed by atoms with Crippen LogP contribution in [0, 0.1) is 13.8 Å². The molecule has 2 rings (SSSR count). The van der Waals surface area contributed by atoms with Gasteiger partial charge in [-0.25, -0.2) is 9.97 Å². The van der Waals surface area contributed by atoms with Crippen LogP contribution in [-0.2, 0) is 17.0 Å². The molecule has 0 aliphatic rings. The number of thioether (sulfide) groups is 1. The van der Waals surface area contributed by atoms with Crippen LogP contribution in [0.25, 0.3) is 0 Å². The van der Waals surface area contributed by atoms with E-state index in [1.165, 1.54) is 0 Å². The lowest BCUT2D eigenvalue weighted by Crippen LogP contribution is -2.09. The number of aromatic nitrogens is 2. The number of hydrogen-bond donors (Lipinski definition) is 1. The van der Waals surface area contributed by atoms with Crippen molar-refractivity contribution in [1.82, 2.24) is 9.97 Å². The van der Waals surface area contributed by atoms with Gasteiger partial charge in [-0.15, -0.1) is 11.8 Å². The second-order valence-corrected chi connectivity index (χ2v) is 6.57. The Morgan fingerprint density at radius 3 is 2.52 bits per heavy atom. The summed E-state index contributed by atoms with van der Waals surface area (Å²) in [6.45, 7) is 3.67. The quantitative estimate of drug-likeness (QED) is 0.815. The van der Waals surface area contributed by atoms with Gasteiger partial charge in [0, 0.05) is 26.3 Å². The highest BCUT2D eigenvalue weighted by molar-refractivity contribution is 9.10. The van der Waals surface area contributed by atoms with Crippen LogP contribution in [0.1, 0.15) is 22.8 Å². The summed E-state index contributed by atoms with van der Waals surface area (Å²) in [4.78, 5) is 20.8. The van der Waals surface area contributed by atoms with Crippen molar-refractivity contribution in [1.29, 1.82) is 0 Å². The maximum atomic E-state index is 10.8. The molecule has 0 bridgehead atoms. The molecule has 2 aromatic rings. The van der Waals surface area contributed by atoms with E-state index in [4.69, 9.17) is 5.11 Å². The standard InChI is InChI=1S/C15H15BrN2O2S/c1-9-13(7-15(19)20)10(2)18-14(17-9)8-21-12-5-3-4-11(16)6-12/h3-6H,7-8H2,1-2H3,(H,19,20). The lowest BCUT2D eigenvalue weighted by Gasteiger charge is -2.09. The maximum Gasteiger partial charge on any atom is 0.307 e. The third kappa shape index (κ3) is 4.54. The van der Waals surface area contributed by atoms with Crippen molar-refractivity contribution in [3.05, 3.63) is 51.5 Å². The van der Waals surface area contributed by atoms with Gasteiger partial charge in [0.1, 0.15) is 5.82 Å². The van der Waals surface area contributed by atoms with Crippen LogP contribution < -0.4 is 0 Å². The number of carbonyl (C=O) groups is 1. The Kier molecular flexibility index (Phi) is 5.36. The summed E-state index contributed by atoms with van der Waals surface area (Å²) in [7, 11) is 0. The van der Waals surface area contributed by atoms with E-state index in [1.54, 1.807) is 11.8 Å². The first-order chi connectivity index (χ1) is 9.95. The third-order valence-corrected chi connectivity index (χ3v) is 4.44. The first kappa shape index (κ1) is 16.0. The first-order valence-corrected chi connectivity index (χ1v) is 8.16. The van der Waals surface area contributed by atoms with Crippen molar-refractivity contribution >= 4 is 33.7 Å². The number of carboxylic acid groups (broad SMARTS) is 1. The topological polar surface area (TPSA) is 63.1 Å². The van der Waals surface area contributed by atoms with Gasteiger partial charge in [-0.05, 0) is 32.0 Å². The summed E-state index contributed by atoms with van der Waals surface area (Å²) < 4.78 is 1.04. The van der Waals surface area contributed by atoms with Crippen LogP contribution in [0.5, 0.6) is 0 Å². The van der Waals surface area contributed by atoms with Crippen LogP contribution >= 0.6 is 27.7 Å². The Hall–Kier alpha value is -1.40. The normalized spacial score (nSPS) is 10.6. The Labute approximate surface area is 136 Å². The molecule has 0 saturated heterocycles. The van der Waals surface area contributed by atoms with Crippen molar-refractivity contribution < 1.29 is 9.90 Å². The lowest BCUT2D eigenvalue weighted by molar-refractivity contribution is -0.136. The smallest absolute Gasteiger partial charge is 0.307 e. The predicted octanol–water partition coefficient (Wildman–Crippen LogP) is 3.78. The number of hydrogen-bond acceptors (Lipinski definition) is 4. The molecule has 0 saturated carbocycles. The highest BCUT2D eigenvalue weighted by atomic mass is 79.9. The highest BCUT2D eigenvalue weighted by Gasteiger charge is 2.12. The van der Waals surface area contributed by atoms with Gasteiger partial charge < -0.3 is 5.11 Å². The highest BCUT2D eigenvalue weighted by Crippen LogP contribution is 2.25. The molecule has 6 heteroatoms. The third-order valence-electron chi connectivity index (χ3n) is 2.96. The lowest BCUT2D eigenvalue weighted by atomic mass is 10.1. The van der Waals surface area contributed by atoms with Gasteiger partial charge in [0.25, 0.3) is 0 Å². The van der Waals surface area contributed by atoms with E-state index in [9.17, 15) is 4.79 Å². The van der Waals surface area contributed by atoms with Crippen LogP contribution in [-0.4, -0.2) is 21.0 Å². The summed E-state index contributed by atoms with van der Waals surface area (Å²) in [5.74, 6) is 0.524. The molecule has 0 fully saturated rings. The monoisotopic (exact) mass is 366 g/mol. The molecule has 0 aliphatic heterocycles. The molecule has 1 heterocycles. The fourth-order valence-corrected chi connectivity index (χ4v) is 3.35. The summed E-state index contributed by atoms with van der Waals surface area (Å²) in [5, 5.41) is 8.90. The summed E-state index contributed by atoms with van der Waals surface area (Å²) in [6.07, 6.45) is -0.0310. The zero-order valence-corrected chi connectivity index (χ0v) is 14.2. The number of carboxylic acids is 1. The molecule has 0 spiro atoms. The van der Waals surface area contributed by atoms with Crippen LogP contribution in [0.3, 0.4) is 0 Å². The SMILES string of the molecule is Cc1nc(CSc2cccc(Br)c2)nc(C)c1CC(=O)O. The molecule has 110 valence electrons. The van der Waals surface area contributed by atoms with Gasteiger partial charge in [0.15, 0.2) is 0 Å². The van der Waals surface area contributed by atoms with Gasteiger partial charge in [-0.1, -0.05) is 22.0 Å². The van der Waals surface area contributed by atoms with Gasteiger partial charge >= 0.3 is 5.97 Å². The van der Waals surface area contributed by atoms with Crippen molar-refractivity contribution in [3.63, 3.8) is 0 Å². The predicted molar refractivity (Wildman–Crippen MR) is 86.5 cm³/mol. The van der Waals surface area contributed by atoms with Gasteiger partial charge in [-0.2, -0.15) is 0 Å². The minimum Gasteiger partial charge on any atom is -0.481 e. The molecule has 21 heavy (non-hydrogen) atoms. The molecule has 1 aromatic heterocycles. The molecule has 1 aromatic carbocycles. The molecule has 0 unspecified atom stereocenters. The fraction of sp³-hybridized carbons (Fsp3) is 0.267. The van der Waals surface area contributed by atoms with Crippen molar-refractivity contribution in [2.24, 2.45) is 0 Å². The van der Waals surface area contributed by atoms with Gasteiger partial charge in [-0.3, -0.25) is 4.79 Å². The van der Waals surface area contributed by atoms with Crippen molar-refractivity contribution in [3.8, 4) is 0 Å². The summed E-state index contributed by atoms with van der Waals surface area (Å²) in [6, 6.07) is 8.05. The minimum absolute atomic E-state index is 0.0310. The Balaban J connectivity index is 2.13. The fourth-order valence-electron chi connectivity index (χ4n) is 1.99. The molecular formula is C15H15BrN2O2S. The average molecular weight is 367 g/mol. The van der Waals surface area contributed by atoms with E-state index in [2.05, 4.69) is 25.9 Å². The summed E-state index contributed by atoms with van der Waals surface area (Å²) >= 11 is 5.10. The maximum absolute atomic E-state index is 10.8.